The molecule has 4 aromatic rings. The average Bonchev–Trinajstić information content (AvgIpc) is 3.24. The third kappa shape index (κ3) is 4.06. The summed E-state index contributed by atoms with van der Waals surface area (Å²) in [5, 5.41) is 13.6. The second kappa shape index (κ2) is 7.82. The molecule has 0 fully saturated rings. The van der Waals surface area contributed by atoms with Gasteiger partial charge in [0.2, 0.25) is 0 Å². The van der Waals surface area contributed by atoms with Gasteiger partial charge in [0, 0.05) is 18.0 Å². The van der Waals surface area contributed by atoms with Gasteiger partial charge in [-0.1, -0.05) is 24.0 Å². The maximum absolute atomic E-state index is 12.9. The molecule has 0 saturated heterocycles. The Morgan fingerprint density at radius 3 is 2.69 bits per heavy atom. The lowest BCUT2D eigenvalue weighted by molar-refractivity contribution is 0.0697. The fourth-order valence-corrected chi connectivity index (χ4v) is 2.92. The van der Waals surface area contributed by atoms with E-state index in [0.29, 0.717) is 24.0 Å². The second-order valence-electron chi connectivity index (χ2n) is 6.42. The lowest BCUT2D eigenvalue weighted by Gasteiger charge is -2.07. The minimum Gasteiger partial charge on any atom is -0.478 e. The van der Waals surface area contributed by atoms with Gasteiger partial charge in [0.05, 0.1) is 29.3 Å². The Morgan fingerprint density at radius 1 is 1.14 bits per heavy atom. The highest BCUT2D eigenvalue weighted by molar-refractivity contribution is 5.87. The van der Waals surface area contributed by atoms with Crippen LogP contribution < -0.4 is 5.56 Å². The Hall–Kier alpha value is -4.18. The van der Waals surface area contributed by atoms with E-state index in [1.807, 2.05) is 18.3 Å². The molecule has 29 heavy (non-hydrogen) atoms. The van der Waals surface area contributed by atoms with Gasteiger partial charge in [-0.3, -0.25) is 14.0 Å². The zero-order valence-corrected chi connectivity index (χ0v) is 15.3. The first-order chi connectivity index (χ1) is 14.1. The highest BCUT2D eigenvalue weighted by Gasteiger charge is 2.07. The van der Waals surface area contributed by atoms with Crippen molar-refractivity contribution in [3.63, 3.8) is 0 Å². The van der Waals surface area contributed by atoms with Gasteiger partial charge >= 0.3 is 5.97 Å². The van der Waals surface area contributed by atoms with E-state index in [9.17, 15) is 9.59 Å². The Bertz CT molecular complexity index is 1290. The monoisotopic (exact) mass is 384 g/mol. The molecule has 0 saturated carbocycles. The predicted molar refractivity (Wildman–Crippen MR) is 108 cm³/mol. The fourth-order valence-electron chi connectivity index (χ4n) is 2.92. The van der Waals surface area contributed by atoms with E-state index in [1.54, 1.807) is 35.1 Å². The highest BCUT2D eigenvalue weighted by Crippen LogP contribution is 2.11. The third-order valence-electron chi connectivity index (χ3n) is 4.41. The maximum Gasteiger partial charge on any atom is 0.335 e. The van der Waals surface area contributed by atoms with Gasteiger partial charge in [-0.2, -0.15) is 5.10 Å². The van der Waals surface area contributed by atoms with Gasteiger partial charge in [-0.05, 0) is 42.0 Å². The number of carboxylic acids is 1. The van der Waals surface area contributed by atoms with Gasteiger partial charge < -0.3 is 5.11 Å². The molecule has 0 spiro atoms. The van der Waals surface area contributed by atoms with Crippen molar-refractivity contribution in [2.75, 3.05) is 0 Å². The van der Waals surface area contributed by atoms with Crippen LogP contribution >= 0.6 is 0 Å². The van der Waals surface area contributed by atoms with Crippen LogP contribution in [0.3, 0.4) is 0 Å². The quantitative estimate of drug-likeness (QED) is 0.546. The van der Waals surface area contributed by atoms with E-state index in [2.05, 4.69) is 21.9 Å². The van der Waals surface area contributed by atoms with E-state index in [4.69, 9.17) is 5.11 Å². The number of benzene rings is 2. The molecule has 2 heterocycles. The molecule has 0 aliphatic carbocycles. The smallest absolute Gasteiger partial charge is 0.335 e. The molecular formula is C22H16N4O3. The number of aromatic nitrogens is 4. The summed E-state index contributed by atoms with van der Waals surface area (Å²) in [7, 11) is 0. The summed E-state index contributed by atoms with van der Waals surface area (Å²) in [5.41, 5.74) is 2.18. The number of fused-ring (bicyclic) bond motifs is 1. The van der Waals surface area contributed by atoms with Crippen LogP contribution in [0.4, 0.5) is 0 Å². The Labute approximate surface area is 165 Å². The normalized spacial score (nSPS) is 10.5. The van der Waals surface area contributed by atoms with Gasteiger partial charge in [-0.15, -0.1) is 0 Å². The molecule has 2 aromatic carbocycles. The summed E-state index contributed by atoms with van der Waals surface area (Å²) in [4.78, 5) is 28.2. The number of rotatable bonds is 4. The van der Waals surface area contributed by atoms with Crippen molar-refractivity contribution in [2.45, 2.75) is 13.1 Å². The first-order valence-electron chi connectivity index (χ1n) is 8.88. The molecule has 0 unspecified atom stereocenters. The Kier molecular flexibility index (Phi) is 4.91. The molecule has 142 valence electrons. The van der Waals surface area contributed by atoms with Crippen LogP contribution in [0.1, 0.15) is 21.5 Å². The topological polar surface area (TPSA) is 90.0 Å². The molecule has 0 bridgehead atoms. The summed E-state index contributed by atoms with van der Waals surface area (Å²) in [5.74, 6) is 5.09. The van der Waals surface area contributed by atoms with E-state index in [-0.39, 0.29) is 11.1 Å². The zero-order valence-electron chi connectivity index (χ0n) is 15.3. The molecule has 2 aromatic heterocycles. The van der Waals surface area contributed by atoms with Crippen LogP contribution in [0.2, 0.25) is 0 Å². The number of carboxylic acid groups (broad SMARTS) is 1. The fraction of sp³-hybridized carbons (Fsp3) is 0.0909. The van der Waals surface area contributed by atoms with Gasteiger partial charge in [-0.25, -0.2) is 9.78 Å². The van der Waals surface area contributed by atoms with E-state index in [1.165, 1.54) is 23.0 Å². The molecule has 0 amide bonds. The van der Waals surface area contributed by atoms with Crippen LogP contribution in [0, 0.1) is 11.8 Å². The predicted octanol–water partition coefficient (Wildman–Crippen LogP) is 2.39. The van der Waals surface area contributed by atoms with Crippen LogP contribution in [-0.4, -0.2) is 30.4 Å². The molecule has 0 aliphatic rings. The lowest BCUT2D eigenvalue weighted by atomic mass is 10.1. The SMILES string of the molecule is O=C(O)c1ccc(Cn2cnc3ccc(C#CCn4cccn4)cc3c2=O)cc1. The van der Waals surface area contributed by atoms with Gasteiger partial charge in [0.25, 0.3) is 5.56 Å². The maximum atomic E-state index is 12.9. The molecular weight excluding hydrogens is 368 g/mol. The van der Waals surface area contributed by atoms with Gasteiger partial charge in [0.15, 0.2) is 0 Å². The van der Waals surface area contributed by atoms with Crippen LogP contribution in [-0.2, 0) is 13.1 Å². The van der Waals surface area contributed by atoms with Crippen LogP contribution in [0.5, 0.6) is 0 Å². The third-order valence-corrected chi connectivity index (χ3v) is 4.41. The summed E-state index contributed by atoms with van der Waals surface area (Å²) in [6.07, 6.45) is 5.03. The standard InChI is InChI=1S/C22H16N4O3/c27-21-19-13-16(3-1-11-26-12-2-10-24-26)6-9-20(19)23-15-25(21)14-17-4-7-18(8-5-17)22(28)29/h2,4-10,12-13,15H,11,14H2,(H,28,29). The van der Waals surface area contributed by atoms with Crippen molar-refractivity contribution in [2.24, 2.45) is 0 Å². The van der Waals surface area contributed by atoms with E-state index >= 15 is 0 Å². The molecule has 0 radical (unpaired) electrons. The molecule has 4 rings (SSSR count). The summed E-state index contributed by atoms with van der Waals surface area (Å²) in [6, 6.07) is 13.6. The summed E-state index contributed by atoms with van der Waals surface area (Å²) >= 11 is 0. The summed E-state index contributed by atoms with van der Waals surface area (Å²) < 4.78 is 3.22. The highest BCUT2D eigenvalue weighted by atomic mass is 16.4. The zero-order chi connectivity index (χ0) is 20.2. The lowest BCUT2D eigenvalue weighted by Crippen LogP contribution is -2.21. The molecule has 0 atom stereocenters. The molecule has 7 heteroatoms. The number of aromatic carboxylic acids is 1. The minimum atomic E-state index is -0.984. The van der Waals surface area contributed by atoms with E-state index in [0.717, 1.165) is 11.1 Å². The number of hydrogen-bond donors (Lipinski definition) is 1. The average molecular weight is 384 g/mol. The second-order valence-corrected chi connectivity index (χ2v) is 6.42. The van der Waals surface area contributed by atoms with Crippen molar-refractivity contribution in [1.29, 1.82) is 0 Å². The van der Waals surface area contributed by atoms with Crippen molar-refractivity contribution < 1.29 is 9.90 Å². The first-order valence-corrected chi connectivity index (χ1v) is 8.88. The number of nitrogens with zero attached hydrogens (tertiary/aromatic N) is 4. The molecule has 1 N–H and O–H groups in total. The minimum absolute atomic E-state index is 0.173. The van der Waals surface area contributed by atoms with E-state index < -0.39 is 5.97 Å². The molecule has 0 aliphatic heterocycles. The molecule has 7 nitrogen and oxygen atoms in total. The van der Waals surface area contributed by atoms with Crippen LogP contribution in [0.25, 0.3) is 10.9 Å². The van der Waals surface area contributed by atoms with Gasteiger partial charge in [0.1, 0.15) is 6.54 Å². The van der Waals surface area contributed by atoms with Crippen molar-refractivity contribution >= 4 is 16.9 Å². The first kappa shape index (κ1) is 18.2. The Balaban J connectivity index is 1.61. The number of carbonyl (C=O) groups is 1. The number of hydrogen-bond acceptors (Lipinski definition) is 4. The van der Waals surface area contributed by atoms with Crippen molar-refractivity contribution in [3.05, 3.63) is 94.3 Å². The van der Waals surface area contributed by atoms with Crippen molar-refractivity contribution in [3.8, 4) is 11.8 Å². The Morgan fingerprint density at radius 2 is 1.97 bits per heavy atom. The summed E-state index contributed by atoms with van der Waals surface area (Å²) in [6.45, 7) is 0.769. The van der Waals surface area contributed by atoms with Crippen molar-refractivity contribution in [1.82, 2.24) is 19.3 Å². The largest absolute Gasteiger partial charge is 0.478 e. The van der Waals surface area contributed by atoms with Crippen LogP contribution in [0.15, 0.2) is 72.0 Å².